The molecule has 0 spiro atoms. The molecule has 68 valence electrons. The molecule has 2 rings (SSSR count). The van der Waals surface area contributed by atoms with Gasteiger partial charge in [-0.25, -0.2) is 0 Å². The minimum Gasteiger partial charge on any atom is -0.341 e. The van der Waals surface area contributed by atoms with Gasteiger partial charge in [0.15, 0.2) is 0 Å². The number of nitrogens with one attached hydrogen (secondary N) is 1. The summed E-state index contributed by atoms with van der Waals surface area (Å²) in [6, 6.07) is 0.598. The van der Waals surface area contributed by atoms with Gasteiger partial charge in [-0.2, -0.15) is 0 Å². The zero-order valence-corrected chi connectivity index (χ0v) is 7.55. The first kappa shape index (κ1) is 8.05. The molecule has 2 unspecified atom stereocenters. The second kappa shape index (κ2) is 3.05. The van der Waals surface area contributed by atoms with E-state index in [1.54, 1.807) is 0 Å². The summed E-state index contributed by atoms with van der Waals surface area (Å²) in [5.41, 5.74) is 0. The molecule has 0 aromatic rings. The van der Waals surface area contributed by atoms with Gasteiger partial charge in [0.1, 0.15) is 0 Å². The van der Waals surface area contributed by atoms with Crippen LogP contribution in [0.2, 0.25) is 0 Å². The van der Waals surface area contributed by atoms with Crippen molar-refractivity contribution >= 4 is 5.91 Å². The van der Waals surface area contributed by atoms with Gasteiger partial charge in [0, 0.05) is 25.6 Å². The van der Waals surface area contributed by atoms with Crippen molar-refractivity contribution in [2.24, 2.45) is 5.92 Å². The lowest BCUT2D eigenvalue weighted by Crippen LogP contribution is -2.33. The van der Waals surface area contributed by atoms with Crippen LogP contribution in [0.15, 0.2) is 0 Å². The van der Waals surface area contributed by atoms with Crippen LogP contribution in [0.1, 0.15) is 19.8 Å². The molecule has 2 fully saturated rings. The summed E-state index contributed by atoms with van der Waals surface area (Å²) in [7, 11) is 0. The molecule has 0 saturated carbocycles. The van der Waals surface area contributed by atoms with Crippen molar-refractivity contribution < 1.29 is 4.79 Å². The molecular formula is C9H16N2O. The lowest BCUT2D eigenvalue weighted by atomic mass is 10.1. The smallest absolute Gasteiger partial charge is 0.222 e. The third-order valence-electron chi connectivity index (χ3n) is 3.02. The summed E-state index contributed by atoms with van der Waals surface area (Å²) in [4.78, 5) is 13.3. The Hall–Kier alpha value is -0.570. The number of carbonyl (C=O) groups is 1. The molecule has 3 heteroatoms. The molecule has 12 heavy (non-hydrogen) atoms. The highest BCUT2D eigenvalue weighted by atomic mass is 16.2. The maximum atomic E-state index is 11.3. The van der Waals surface area contributed by atoms with Gasteiger partial charge in [-0.15, -0.1) is 0 Å². The molecule has 2 heterocycles. The molecule has 0 bridgehead atoms. The number of carbonyl (C=O) groups excluding carboxylic acids is 1. The Morgan fingerprint density at radius 2 is 2.42 bits per heavy atom. The van der Waals surface area contributed by atoms with E-state index in [0.717, 1.165) is 25.6 Å². The maximum Gasteiger partial charge on any atom is 0.222 e. The van der Waals surface area contributed by atoms with Gasteiger partial charge in [0.25, 0.3) is 0 Å². The highest BCUT2D eigenvalue weighted by molar-refractivity contribution is 5.76. The quantitative estimate of drug-likeness (QED) is 0.607. The summed E-state index contributed by atoms with van der Waals surface area (Å²) in [5.74, 6) is 1.05. The van der Waals surface area contributed by atoms with Gasteiger partial charge in [-0.1, -0.05) is 6.92 Å². The fourth-order valence-electron chi connectivity index (χ4n) is 2.28. The van der Waals surface area contributed by atoms with Gasteiger partial charge >= 0.3 is 0 Å². The Morgan fingerprint density at radius 1 is 1.58 bits per heavy atom. The van der Waals surface area contributed by atoms with Crippen LogP contribution in [-0.4, -0.2) is 36.5 Å². The van der Waals surface area contributed by atoms with Crippen molar-refractivity contribution in [3.05, 3.63) is 0 Å². The Balaban J connectivity index is 1.94. The van der Waals surface area contributed by atoms with E-state index in [2.05, 4.69) is 5.32 Å². The van der Waals surface area contributed by atoms with Gasteiger partial charge in [0.05, 0.1) is 0 Å². The van der Waals surface area contributed by atoms with E-state index >= 15 is 0 Å². The van der Waals surface area contributed by atoms with Crippen molar-refractivity contribution in [2.75, 3.05) is 19.6 Å². The predicted molar refractivity (Wildman–Crippen MR) is 46.8 cm³/mol. The molecule has 0 aromatic carbocycles. The normalized spacial score (nSPS) is 33.9. The lowest BCUT2D eigenvalue weighted by molar-refractivity contribution is -0.130. The number of nitrogens with zero attached hydrogens (tertiary/aromatic N) is 1. The largest absolute Gasteiger partial charge is 0.341 e. The molecule has 0 radical (unpaired) electrons. The first-order valence-electron chi connectivity index (χ1n) is 4.82. The van der Waals surface area contributed by atoms with Crippen molar-refractivity contribution in [3.8, 4) is 0 Å². The molecule has 0 aliphatic carbocycles. The van der Waals surface area contributed by atoms with E-state index in [1.807, 2.05) is 11.8 Å². The Kier molecular flexibility index (Phi) is 2.05. The molecule has 0 aromatic heterocycles. The molecule has 2 saturated heterocycles. The molecular weight excluding hydrogens is 152 g/mol. The van der Waals surface area contributed by atoms with Crippen LogP contribution in [0.5, 0.6) is 0 Å². The van der Waals surface area contributed by atoms with E-state index in [0.29, 0.717) is 18.4 Å². The molecule has 2 aliphatic rings. The van der Waals surface area contributed by atoms with Crippen LogP contribution >= 0.6 is 0 Å². The van der Waals surface area contributed by atoms with Gasteiger partial charge in [-0.3, -0.25) is 4.79 Å². The van der Waals surface area contributed by atoms with E-state index in [1.165, 1.54) is 6.42 Å². The van der Waals surface area contributed by atoms with Crippen LogP contribution in [0, 0.1) is 5.92 Å². The van der Waals surface area contributed by atoms with Crippen LogP contribution in [-0.2, 0) is 4.79 Å². The summed E-state index contributed by atoms with van der Waals surface area (Å²) in [6.45, 7) is 5.01. The Bertz CT molecular complexity index is 181. The van der Waals surface area contributed by atoms with Crippen molar-refractivity contribution in [3.63, 3.8) is 0 Å². The second-order valence-corrected chi connectivity index (χ2v) is 3.76. The van der Waals surface area contributed by atoms with Gasteiger partial charge in [0.2, 0.25) is 5.91 Å². The van der Waals surface area contributed by atoms with Crippen LogP contribution in [0.3, 0.4) is 0 Å². The standard InChI is InChI=1S/C9H16N2O/c1-2-9(12)11-5-7-3-4-10-8(7)6-11/h7-8,10H,2-6H2,1H3. The minimum atomic E-state index is 0.311. The fourth-order valence-corrected chi connectivity index (χ4v) is 2.28. The van der Waals surface area contributed by atoms with E-state index < -0.39 is 0 Å². The number of likely N-dealkylation sites (tertiary alicyclic amines) is 1. The van der Waals surface area contributed by atoms with E-state index in [9.17, 15) is 4.79 Å². The van der Waals surface area contributed by atoms with Crippen molar-refractivity contribution in [2.45, 2.75) is 25.8 Å². The number of fused-ring (bicyclic) bond motifs is 1. The number of hydrogen-bond acceptors (Lipinski definition) is 2. The van der Waals surface area contributed by atoms with Crippen LogP contribution < -0.4 is 5.32 Å². The van der Waals surface area contributed by atoms with Gasteiger partial charge in [-0.05, 0) is 18.9 Å². The average molecular weight is 168 g/mol. The molecule has 3 nitrogen and oxygen atoms in total. The van der Waals surface area contributed by atoms with E-state index in [-0.39, 0.29) is 0 Å². The zero-order chi connectivity index (χ0) is 8.55. The highest BCUT2D eigenvalue weighted by Gasteiger charge is 2.37. The molecule has 2 aliphatic heterocycles. The average Bonchev–Trinajstić information content (AvgIpc) is 2.60. The summed E-state index contributed by atoms with van der Waals surface area (Å²) in [6.07, 6.45) is 1.90. The Labute approximate surface area is 73.1 Å². The maximum absolute atomic E-state index is 11.3. The van der Waals surface area contributed by atoms with Crippen molar-refractivity contribution in [1.82, 2.24) is 10.2 Å². The fraction of sp³-hybridized carbons (Fsp3) is 0.889. The highest BCUT2D eigenvalue weighted by Crippen LogP contribution is 2.24. The molecule has 1 N–H and O–H groups in total. The predicted octanol–water partition coefficient (Wildman–Crippen LogP) is 0.217. The third-order valence-corrected chi connectivity index (χ3v) is 3.02. The van der Waals surface area contributed by atoms with Crippen molar-refractivity contribution in [1.29, 1.82) is 0 Å². The molecule has 2 atom stereocenters. The minimum absolute atomic E-state index is 0.311. The summed E-state index contributed by atoms with van der Waals surface area (Å²) in [5, 5.41) is 3.43. The second-order valence-electron chi connectivity index (χ2n) is 3.76. The number of rotatable bonds is 1. The lowest BCUT2D eigenvalue weighted by Gasteiger charge is -2.15. The van der Waals surface area contributed by atoms with E-state index in [4.69, 9.17) is 0 Å². The summed E-state index contributed by atoms with van der Waals surface area (Å²) < 4.78 is 0. The first-order valence-corrected chi connectivity index (χ1v) is 4.82. The topological polar surface area (TPSA) is 32.3 Å². The zero-order valence-electron chi connectivity index (χ0n) is 7.55. The summed E-state index contributed by atoms with van der Waals surface area (Å²) >= 11 is 0. The Morgan fingerprint density at radius 3 is 3.08 bits per heavy atom. The number of amides is 1. The number of hydrogen-bond donors (Lipinski definition) is 1. The first-order chi connectivity index (χ1) is 5.81. The molecule has 1 amide bonds. The monoisotopic (exact) mass is 168 g/mol. The van der Waals surface area contributed by atoms with Crippen LogP contribution in [0.4, 0.5) is 0 Å². The third kappa shape index (κ3) is 1.22. The van der Waals surface area contributed by atoms with Crippen LogP contribution in [0.25, 0.3) is 0 Å². The van der Waals surface area contributed by atoms with Gasteiger partial charge < -0.3 is 10.2 Å². The SMILES string of the molecule is CCC(=O)N1CC2CCNC2C1.